The molecule has 0 atom stereocenters. The van der Waals surface area contributed by atoms with Crippen LogP contribution in [0.15, 0.2) is 83.5 Å². The van der Waals surface area contributed by atoms with E-state index in [0.717, 1.165) is 10.4 Å². The number of pyridine rings is 1. The molecule has 1 aliphatic rings. The second kappa shape index (κ2) is 10.0. The van der Waals surface area contributed by atoms with Gasteiger partial charge in [-0.2, -0.15) is 0 Å². The van der Waals surface area contributed by atoms with Crippen LogP contribution in [0.1, 0.15) is 15.9 Å². The third-order valence-electron chi connectivity index (χ3n) is 4.77. The van der Waals surface area contributed by atoms with E-state index in [-0.39, 0.29) is 33.2 Å². The smallest absolute Gasteiger partial charge is 0.342 e. The number of fused-ring (bicyclic) bond motifs is 1. The summed E-state index contributed by atoms with van der Waals surface area (Å²) in [6.45, 7) is 0. The number of sulfonamides is 1. The van der Waals surface area contributed by atoms with Crippen LogP contribution in [0.3, 0.4) is 0 Å². The highest BCUT2D eigenvalue weighted by Gasteiger charge is 2.37. The Balaban J connectivity index is 0.000000241. The van der Waals surface area contributed by atoms with E-state index in [2.05, 4.69) is 10.3 Å². The number of nitro benzene ring substituents is 1. The molecule has 0 unspecified atom stereocenters. The minimum Gasteiger partial charge on any atom is -0.505 e. The van der Waals surface area contributed by atoms with E-state index in [0.29, 0.717) is 0 Å². The van der Waals surface area contributed by atoms with Gasteiger partial charge >= 0.3 is 5.97 Å². The van der Waals surface area contributed by atoms with Crippen LogP contribution in [0.5, 0.6) is 0 Å². The van der Waals surface area contributed by atoms with Crippen molar-refractivity contribution in [2.24, 2.45) is 0 Å². The van der Waals surface area contributed by atoms with Gasteiger partial charge in [-0.15, -0.1) is 0 Å². The number of likely N-dealkylation sites (N-methyl/N-ethyl adjacent to an activating group) is 1. The lowest BCUT2D eigenvalue weighted by atomic mass is 10.1. The Labute approximate surface area is 199 Å². The monoisotopic (exact) mass is 498 g/mol. The molecule has 0 fully saturated rings. The first kappa shape index (κ1) is 24.9. The van der Waals surface area contributed by atoms with Crippen molar-refractivity contribution in [2.45, 2.75) is 4.90 Å². The predicted molar refractivity (Wildman–Crippen MR) is 124 cm³/mol. The van der Waals surface area contributed by atoms with Crippen molar-refractivity contribution in [2.75, 3.05) is 12.4 Å². The molecule has 13 heteroatoms. The van der Waals surface area contributed by atoms with Crippen LogP contribution in [0.4, 0.5) is 11.5 Å². The first-order valence-corrected chi connectivity index (χ1v) is 11.2. The highest BCUT2D eigenvalue weighted by molar-refractivity contribution is 7.89. The number of aromatic nitrogens is 1. The van der Waals surface area contributed by atoms with Gasteiger partial charge < -0.3 is 15.5 Å². The second-order valence-corrected chi connectivity index (χ2v) is 8.85. The van der Waals surface area contributed by atoms with Gasteiger partial charge in [0, 0.05) is 24.9 Å². The van der Waals surface area contributed by atoms with E-state index in [1.807, 2.05) is 0 Å². The second-order valence-electron chi connectivity index (χ2n) is 6.91. The molecule has 2 aromatic carbocycles. The number of anilines is 1. The summed E-state index contributed by atoms with van der Waals surface area (Å²) in [7, 11) is -2.69. The van der Waals surface area contributed by atoms with E-state index in [1.165, 1.54) is 43.6 Å². The number of aliphatic hydroxyl groups is 1. The van der Waals surface area contributed by atoms with Gasteiger partial charge in [0.2, 0.25) is 0 Å². The number of carbonyl (C=O) groups excluding carboxylic acids is 1. The van der Waals surface area contributed by atoms with Crippen LogP contribution in [0.25, 0.3) is 5.76 Å². The highest BCUT2D eigenvalue weighted by atomic mass is 32.2. The molecule has 12 nitrogen and oxygen atoms in total. The molecule has 4 rings (SSSR count). The summed E-state index contributed by atoms with van der Waals surface area (Å²) >= 11 is 0. The van der Waals surface area contributed by atoms with Crippen LogP contribution in [-0.2, 0) is 14.8 Å². The molecule has 2 heterocycles. The number of nitro groups is 1. The SMILES string of the molecule is CN1C(C(=O)Nc2ccccn2)=C(O)c2ccccc2S1(=O)=O.O=C(O)c1ccccc1[N+](=O)[O-]. The summed E-state index contributed by atoms with van der Waals surface area (Å²) in [6, 6.07) is 16.1. The predicted octanol–water partition coefficient (Wildman–Crippen LogP) is 2.87. The van der Waals surface area contributed by atoms with Crippen LogP contribution < -0.4 is 5.32 Å². The summed E-state index contributed by atoms with van der Waals surface area (Å²) in [5.74, 6) is -2.20. The van der Waals surface area contributed by atoms with Gasteiger partial charge in [-0.25, -0.2) is 18.2 Å². The molecule has 0 saturated heterocycles. The number of para-hydroxylation sites is 1. The fourth-order valence-corrected chi connectivity index (χ4v) is 4.51. The molecule has 180 valence electrons. The number of aliphatic hydroxyl groups excluding tert-OH is 1. The molecular weight excluding hydrogens is 480 g/mol. The van der Waals surface area contributed by atoms with Crippen molar-refractivity contribution in [3.8, 4) is 0 Å². The summed E-state index contributed by atoms with van der Waals surface area (Å²) < 4.78 is 25.8. The van der Waals surface area contributed by atoms with E-state index in [4.69, 9.17) is 5.11 Å². The Morgan fingerprint density at radius 2 is 1.66 bits per heavy atom. The Bertz CT molecular complexity index is 1410. The molecule has 35 heavy (non-hydrogen) atoms. The van der Waals surface area contributed by atoms with Crippen molar-refractivity contribution >= 4 is 39.2 Å². The number of carboxylic acids is 1. The normalized spacial score (nSPS) is 13.7. The Morgan fingerprint density at radius 3 is 2.26 bits per heavy atom. The van der Waals surface area contributed by atoms with E-state index >= 15 is 0 Å². The topological polar surface area (TPSA) is 180 Å². The Morgan fingerprint density at radius 1 is 1.03 bits per heavy atom. The van der Waals surface area contributed by atoms with Crippen LogP contribution in [0, 0.1) is 10.1 Å². The van der Waals surface area contributed by atoms with Gasteiger partial charge in [0.25, 0.3) is 21.6 Å². The molecule has 1 aromatic heterocycles. The number of carboxylic acid groups (broad SMARTS) is 1. The number of benzene rings is 2. The van der Waals surface area contributed by atoms with Gasteiger partial charge in [0.1, 0.15) is 11.4 Å². The third-order valence-corrected chi connectivity index (χ3v) is 6.59. The fourth-order valence-electron chi connectivity index (χ4n) is 3.11. The largest absolute Gasteiger partial charge is 0.505 e. The lowest BCUT2D eigenvalue weighted by molar-refractivity contribution is -0.385. The van der Waals surface area contributed by atoms with Gasteiger partial charge in [-0.3, -0.25) is 19.2 Å². The van der Waals surface area contributed by atoms with Gasteiger partial charge in [0.15, 0.2) is 11.5 Å². The maximum Gasteiger partial charge on any atom is 0.342 e. The number of aromatic carboxylic acids is 1. The minimum absolute atomic E-state index is 0.0469. The molecule has 1 aliphatic heterocycles. The molecule has 3 N–H and O–H groups in total. The number of rotatable bonds is 4. The molecule has 3 aromatic rings. The third kappa shape index (κ3) is 5.09. The molecule has 1 amide bonds. The number of nitrogens with zero attached hydrogens (tertiary/aromatic N) is 3. The van der Waals surface area contributed by atoms with Gasteiger partial charge in [-0.05, 0) is 30.3 Å². The van der Waals surface area contributed by atoms with Gasteiger partial charge in [-0.1, -0.05) is 30.3 Å². The van der Waals surface area contributed by atoms with E-state index < -0.39 is 32.6 Å². The van der Waals surface area contributed by atoms with Crippen molar-refractivity contribution in [1.29, 1.82) is 0 Å². The van der Waals surface area contributed by atoms with Gasteiger partial charge in [0.05, 0.1) is 9.82 Å². The maximum atomic E-state index is 12.5. The first-order valence-electron chi connectivity index (χ1n) is 9.76. The average molecular weight is 498 g/mol. The Kier molecular flexibility index (Phi) is 7.11. The lowest BCUT2D eigenvalue weighted by Crippen LogP contribution is -2.37. The van der Waals surface area contributed by atoms with Crippen LogP contribution in [0.2, 0.25) is 0 Å². The lowest BCUT2D eigenvalue weighted by Gasteiger charge is -2.28. The summed E-state index contributed by atoms with van der Waals surface area (Å²) in [4.78, 5) is 36.3. The number of amides is 1. The highest BCUT2D eigenvalue weighted by Crippen LogP contribution is 2.34. The molecule has 0 saturated carbocycles. The average Bonchev–Trinajstić information content (AvgIpc) is 2.84. The van der Waals surface area contributed by atoms with Crippen molar-refractivity contribution in [1.82, 2.24) is 9.29 Å². The number of hydrogen-bond donors (Lipinski definition) is 3. The molecule has 0 aliphatic carbocycles. The van der Waals surface area contributed by atoms with Crippen molar-refractivity contribution < 1.29 is 33.1 Å². The summed E-state index contributed by atoms with van der Waals surface area (Å²) in [6.07, 6.45) is 1.49. The molecule has 0 spiro atoms. The summed E-state index contributed by atoms with van der Waals surface area (Å²) in [5.41, 5.74) is -0.932. The standard InChI is InChI=1S/C15H13N3O4S.C7H5NO4/c1-18-13(15(20)17-12-8-4-5-9-16-12)14(19)10-6-2-3-7-11(10)23(18,21)22;9-7(10)5-3-1-2-4-6(5)8(11)12/h2-9,19H,1H3,(H,16,17,20);1-4H,(H,9,10). The maximum absolute atomic E-state index is 12.5. The van der Waals surface area contributed by atoms with E-state index in [1.54, 1.807) is 30.3 Å². The fraction of sp³-hybridized carbons (Fsp3) is 0.0455. The number of carbonyl (C=O) groups is 2. The van der Waals surface area contributed by atoms with Crippen molar-refractivity contribution in [3.63, 3.8) is 0 Å². The van der Waals surface area contributed by atoms with Crippen LogP contribution in [-0.4, -0.2) is 51.8 Å². The Hall–Kier alpha value is -4.78. The quantitative estimate of drug-likeness (QED) is 0.360. The zero-order chi connectivity index (χ0) is 25.8. The van der Waals surface area contributed by atoms with E-state index in [9.17, 15) is 33.2 Å². The zero-order valence-electron chi connectivity index (χ0n) is 18.0. The molecular formula is C22H18N4O8S. The molecule has 0 radical (unpaired) electrons. The van der Waals surface area contributed by atoms with Crippen LogP contribution >= 0.6 is 0 Å². The summed E-state index contributed by atoms with van der Waals surface area (Å²) in [5, 5.41) is 31.6. The number of nitrogens with one attached hydrogen (secondary N) is 1. The minimum atomic E-state index is -3.91. The zero-order valence-corrected chi connectivity index (χ0v) is 18.8. The molecule has 0 bridgehead atoms. The van der Waals surface area contributed by atoms with Crippen molar-refractivity contribution in [3.05, 3.63) is 99.9 Å². The number of hydrogen-bond acceptors (Lipinski definition) is 8. The first-order chi connectivity index (χ1) is 16.6.